The summed E-state index contributed by atoms with van der Waals surface area (Å²) in [7, 11) is -11.0. The van der Waals surface area contributed by atoms with E-state index in [0.29, 0.717) is 12.8 Å². The van der Waals surface area contributed by atoms with E-state index in [-0.39, 0.29) is 31.5 Å². The van der Waals surface area contributed by atoms with E-state index in [0.717, 1.165) is 62.1 Å². The number of carbonyl (C=O) groups excluding carboxylic acids is 2. The number of esters is 2. The Bertz CT molecular complexity index is 1930. The molecular formula is C50H85N3O17P2. The number of phosphoric acid groups is 2. The van der Waals surface area contributed by atoms with E-state index in [2.05, 4.69) is 23.1 Å². The van der Waals surface area contributed by atoms with Crippen LogP contribution in [0.1, 0.15) is 174 Å². The van der Waals surface area contributed by atoms with Crippen molar-refractivity contribution in [3.05, 3.63) is 71.4 Å². The lowest BCUT2D eigenvalue weighted by Crippen LogP contribution is -2.36. The first-order chi connectivity index (χ1) is 34.5. The van der Waals surface area contributed by atoms with Crippen LogP contribution in [-0.2, 0) is 46.3 Å². The van der Waals surface area contributed by atoms with Crippen LogP contribution in [0.25, 0.3) is 0 Å². The molecule has 20 nitrogen and oxygen atoms in total. The molecule has 1 aromatic heterocycles. The Kier molecular flexibility index (Phi) is 34.4. The molecule has 0 spiro atoms. The third kappa shape index (κ3) is 30.7. The Labute approximate surface area is 425 Å². The molecule has 0 saturated carbocycles. The number of nitrogen functional groups attached to an aromatic ring is 1. The summed E-state index contributed by atoms with van der Waals surface area (Å²) in [6.45, 7) is 1.84. The lowest BCUT2D eigenvalue weighted by Gasteiger charge is -2.21. The highest BCUT2D eigenvalue weighted by Gasteiger charge is 2.46. The van der Waals surface area contributed by atoms with E-state index in [4.69, 9.17) is 29.0 Å². The standard InChI is InChI=1S/C50H85N3O17P2/c1-3-5-7-8-9-10-11-12-13-14-15-16-20-23-27-33-45(56)65-37-42(68-46(57)34-28-32-41(55)31-26-22-19-17-18-21-25-30-40(54)29-24-6-4-2)38-66-71(61,62)70-72(63,64)67-39-43-47(58)48(59)49(69-43)53-36-35-44(51)52-50(53)60/h18-19,21-22,25-26,30-31,35-36,40-43,47-49,54-55,58-59H,3-17,20,23-24,27-29,32-34,37-39H2,1-2H3,(H,61,62)(H,63,64)(H2,51,52,60)/b21-18-,22-19-,30-25+,31-26+/t40-,41-,42-,43-,47-,48-,49-/m1/s1. The van der Waals surface area contributed by atoms with Crippen molar-refractivity contribution in [3.63, 3.8) is 0 Å². The fraction of sp³-hybridized carbons (Fsp3) is 0.720. The molecule has 72 heavy (non-hydrogen) atoms. The molecule has 2 unspecified atom stereocenters. The SMILES string of the molecule is CCCCCCCCCCCCCCCCCC(=O)OC[C@H](COP(=O)(O)OP(=O)(O)OC[C@H]1O[C@@H](n2ccc(N)nc2=O)[C@H](O)[C@@H]1O)OC(=O)CCC[C@H](O)/C=C/C=C\C/C=C\C=C\[C@H](O)CCCCC. The number of carbonyl (C=O) groups is 2. The number of hydrogen-bond donors (Lipinski definition) is 7. The van der Waals surface area contributed by atoms with Crippen molar-refractivity contribution in [3.8, 4) is 0 Å². The van der Waals surface area contributed by atoms with Crippen LogP contribution >= 0.6 is 15.6 Å². The van der Waals surface area contributed by atoms with Crippen LogP contribution in [0.3, 0.4) is 0 Å². The first-order valence-corrected chi connectivity index (χ1v) is 28.9. The van der Waals surface area contributed by atoms with Gasteiger partial charge in [-0.05, 0) is 38.2 Å². The largest absolute Gasteiger partial charge is 0.481 e. The molecule has 1 fully saturated rings. The van der Waals surface area contributed by atoms with Crippen LogP contribution in [0.15, 0.2) is 65.7 Å². The van der Waals surface area contributed by atoms with E-state index in [1.165, 1.54) is 70.3 Å². The van der Waals surface area contributed by atoms with Gasteiger partial charge in [0.15, 0.2) is 12.3 Å². The number of ether oxygens (including phenoxy) is 3. The molecule has 2 rings (SSSR count). The summed E-state index contributed by atoms with van der Waals surface area (Å²) in [6, 6.07) is 1.23. The Morgan fingerprint density at radius 3 is 1.81 bits per heavy atom. The second-order valence-corrected chi connectivity index (χ2v) is 21.1. The van der Waals surface area contributed by atoms with E-state index in [1.54, 1.807) is 24.3 Å². The number of anilines is 1. The average Bonchev–Trinajstić information content (AvgIpc) is 3.60. The minimum atomic E-state index is -5.48. The van der Waals surface area contributed by atoms with Gasteiger partial charge in [0, 0.05) is 19.0 Å². The fourth-order valence-electron chi connectivity index (χ4n) is 7.53. The van der Waals surface area contributed by atoms with Crippen molar-refractivity contribution < 1.29 is 76.5 Å². The molecule has 22 heteroatoms. The van der Waals surface area contributed by atoms with Crippen molar-refractivity contribution in [1.29, 1.82) is 0 Å². The predicted molar refractivity (Wildman–Crippen MR) is 273 cm³/mol. The number of rotatable bonds is 42. The Hall–Kier alpha value is -3.36. The lowest BCUT2D eigenvalue weighted by atomic mass is 10.0. The van der Waals surface area contributed by atoms with Gasteiger partial charge in [-0.25, -0.2) is 13.9 Å². The van der Waals surface area contributed by atoms with Gasteiger partial charge in [0.05, 0.1) is 25.4 Å². The topological polar surface area (TPSA) is 306 Å². The summed E-state index contributed by atoms with van der Waals surface area (Å²) in [5.41, 5.74) is 4.57. The Morgan fingerprint density at radius 1 is 0.722 bits per heavy atom. The zero-order valence-corrected chi connectivity index (χ0v) is 44.2. The second-order valence-electron chi connectivity index (χ2n) is 18.1. The van der Waals surface area contributed by atoms with Crippen molar-refractivity contribution in [2.45, 2.75) is 211 Å². The van der Waals surface area contributed by atoms with Gasteiger partial charge in [0.25, 0.3) is 0 Å². The van der Waals surface area contributed by atoms with Gasteiger partial charge in [0.1, 0.15) is 30.7 Å². The number of allylic oxidation sites excluding steroid dienone is 6. The number of unbranched alkanes of at least 4 members (excludes halogenated alkanes) is 16. The number of aliphatic hydroxyl groups is 4. The maximum Gasteiger partial charge on any atom is 0.481 e. The van der Waals surface area contributed by atoms with Crippen molar-refractivity contribution in [2.75, 3.05) is 25.6 Å². The summed E-state index contributed by atoms with van der Waals surface area (Å²) in [5.74, 6) is -1.53. The lowest BCUT2D eigenvalue weighted by molar-refractivity contribution is -0.161. The van der Waals surface area contributed by atoms with Gasteiger partial charge >= 0.3 is 33.3 Å². The normalized spacial score (nSPS) is 20.3. The number of aromatic nitrogens is 2. The first kappa shape index (κ1) is 64.8. The molecule has 0 aliphatic carbocycles. The molecule has 0 amide bonds. The summed E-state index contributed by atoms with van der Waals surface area (Å²) < 4.78 is 56.6. The van der Waals surface area contributed by atoms with Crippen LogP contribution in [-0.4, -0.2) is 108 Å². The molecule has 0 aromatic carbocycles. The minimum absolute atomic E-state index is 0.0795. The first-order valence-electron chi connectivity index (χ1n) is 25.9. The van der Waals surface area contributed by atoms with Gasteiger partial charge in [-0.15, -0.1) is 0 Å². The average molecular weight is 1060 g/mol. The maximum atomic E-state index is 12.9. The molecule has 8 N–H and O–H groups in total. The molecule has 412 valence electrons. The molecule has 1 saturated heterocycles. The highest BCUT2D eigenvalue weighted by Crippen LogP contribution is 2.60. The fourth-order valence-corrected chi connectivity index (χ4v) is 9.64. The van der Waals surface area contributed by atoms with Crippen molar-refractivity contribution in [2.24, 2.45) is 0 Å². The molecular weight excluding hydrogens is 977 g/mol. The van der Waals surface area contributed by atoms with Crippen LogP contribution < -0.4 is 11.4 Å². The predicted octanol–water partition coefficient (Wildman–Crippen LogP) is 8.50. The quantitative estimate of drug-likeness (QED) is 0.0140. The number of aliphatic hydroxyl groups excluding tert-OH is 4. The minimum Gasteiger partial charge on any atom is -0.462 e. The molecule has 9 atom stereocenters. The third-order valence-electron chi connectivity index (χ3n) is 11.6. The number of nitrogens with two attached hydrogens (primary N) is 1. The molecule has 0 radical (unpaired) electrons. The van der Waals surface area contributed by atoms with Gasteiger partial charge in [0.2, 0.25) is 0 Å². The highest BCUT2D eigenvalue weighted by atomic mass is 31.3. The summed E-state index contributed by atoms with van der Waals surface area (Å²) in [5, 5.41) is 41.2. The van der Waals surface area contributed by atoms with Gasteiger partial charge < -0.3 is 50.2 Å². The van der Waals surface area contributed by atoms with Gasteiger partial charge in [-0.3, -0.25) is 23.2 Å². The van der Waals surface area contributed by atoms with E-state index in [9.17, 15) is 53.7 Å². The smallest absolute Gasteiger partial charge is 0.462 e. The Morgan fingerprint density at radius 2 is 1.24 bits per heavy atom. The van der Waals surface area contributed by atoms with Crippen LogP contribution in [0.2, 0.25) is 0 Å². The van der Waals surface area contributed by atoms with Crippen LogP contribution in [0.4, 0.5) is 5.82 Å². The highest BCUT2D eigenvalue weighted by molar-refractivity contribution is 7.61. The van der Waals surface area contributed by atoms with Crippen molar-refractivity contribution >= 4 is 33.4 Å². The van der Waals surface area contributed by atoms with Gasteiger partial charge in [-0.2, -0.15) is 9.29 Å². The molecule has 1 aliphatic heterocycles. The molecule has 0 bridgehead atoms. The molecule has 1 aliphatic rings. The maximum absolute atomic E-state index is 12.9. The summed E-state index contributed by atoms with van der Waals surface area (Å²) in [4.78, 5) is 61.9. The Balaban J connectivity index is 1.86. The van der Waals surface area contributed by atoms with E-state index >= 15 is 0 Å². The number of hydrogen-bond acceptors (Lipinski definition) is 17. The van der Waals surface area contributed by atoms with Crippen LogP contribution in [0, 0.1) is 0 Å². The van der Waals surface area contributed by atoms with Crippen molar-refractivity contribution in [1.82, 2.24) is 9.55 Å². The number of nitrogens with zero attached hydrogens (tertiary/aromatic N) is 2. The zero-order chi connectivity index (χ0) is 53.0. The van der Waals surface area contributed by atoms with Crippen LogP contribution in [0.5, 0.6) is 0 Å². The second kappa shape index (κ2) is 38.2. The molecule has 1 aromatic rings. The summed E-state index contributed by atoms with van der Waals surface area (Å²) >= 11 is 0. The van der Waals surface area contributed by atoms with E-state index < -0.39 is 95.9 Å². The van der Waals surface area contributed by atoms with Gasteiger partial charge in [-0.1, -0.05) is 172 Å². The number of phosphoric ester groups is 2. The van der Waals surface area contributed by atoms with E-state index in [1.807, 2.05) is 24.3 Å². The monoisotopic (exact) mass is 1060 g/mol. The molecule has 2 heterocycles. The zero-order valence-electron chi connectivity index (χ0n) is 42.4. The third-order valence-corrected chi connectivity index (χ3v) is 14.2. The summed E-state index contributed by atoms with van der Waals surface area (Å²) in [6.07, 6.45) is 28.2.